The molecule has 1 aromatic rings. The molecule has 0 amide bonds. The van der Waals surface area contributed by atoms with Gasteiger partial charge in [0.05, 0.1) is 6.61 Å². The van der Waals surface area contributed by atoms with Crippen LogP contribution in [0.3, 0.4) is 0 Å². The Morgan fingerprint density at radius 1 is 0.800 bits per heavy atom. The van der Waals surface area contributed by atoms with E-state index in [0.29, 0.717) is 6.61 Å². The molecule has 1 rings (SSSR count). The summed E-state index contributed by atoms with van der Waals surface area (Å²) in [6.45, 7) is 5.03. The fourth-order valence-electron chi connectivity index (χ4n) is 2.54. The minimum absolute atomic E-state index is 0.424. The zero-order chi connectivity index (χ0) is 18.0. The van der Waals surface area contributed by atoms with E-state index in [9.17, 15) is 4.91 Å². The Bertz CT molecular complexity index is 422. The van der Waals surface area contributed by atoms with Gasteiger partial charge in [-0.05, 0) is 56.2 Å². The normalized spacial score (nSPS) is 10.6. The van der Waals surface area contributed by atoms with Gasteiger partial charge in [-0.1, -0.05) is 38.3 Å². The van der Waals surface area contributed by atoms with Crippen LogP contribution in [0.5, 0.6) is 5.75 Å². The minimum atomic E-state index is 0.424. The highest BCUT2D eigenvalue weighted by molar-refractivity contribution is 5.27. The average molecular weight is 351 g/mol. The molecular formula is C20H33NO4. The second-order valence-corrected chi connectivity index (χ2v) is 6.24. The van der Waals surface area contributed by atoms with E-state index in [1.807, 2.05) is 0 Å². The molecule has 0 aliphatic carbocycles. The lowest BCUT2D eigenvalue weighted by Crippen LogP contribution is -2.00. The average Bonchev–Trinajstić information content (AvgIpc) is 2.64. The third-order valence-corrected chi connectivity index (χ3v) is 4.02. The molecule has 0 atom stereocenters. The van der Waals surface area contributed by atoms with Gasteiger partial charge in [0.2, 0.25) is 0 Å². The number of hydrogen-bond donors (Lipinski definition) is 0. The van der Waals surface area contributed by atoms with Crippen molar-refractivity contribution in [1.29, 1.82) is 0 Å². The van der Waals surface area contributed by atoms with Gasteiger partial charge in [0, 0.05) is 13.2 Å². The molecule has 0 aromatic heterocycles. The van der Waals surface area contributed by atoms with Crippen molar-refractivity contribution in [2.75, 3.05) is 26.4 Å². The van der Waals surface area contributed by atoms with Gasteiger partial charge in [0.1, 0.15) is 12.4 Å². The van der Waals surface area contributed by atoms with Crippen LogP contribution < -0.4 is 4.74 Å². The summed E-state index contributed by atoms with van der Waals surface area (Å²) in [5.41, 5.74) is 1.33. The van der Waals surface area contributed by atoms with Crippen molar-refractivity contribution in [3.05, 3.63) is 34.7 Å². The molecule has 25 heavy (non-hydrogen) atoms. The molecule has 0 aliphatic heterocycles. The molecule has 5 heteroatoms. The lowest BCUT2D eigenvalue weighted by atomic mass is 10.1. The monoisotopic (exact) mass is 351 g/mol. The Balaban J connectivity index is 1.95. The van der Waals surface area contributed by atoms with Crippen molar-refractivity contribution >= 4 is 0 Å². The van der Waals surface area contributed by atoms with Crippen molar-refractivity contribution < 1.29 is 14.3 Å². The lowest BCUT2D eigenvalue weighted by Gasteiger charge is -2.07. The highest BCUT2D eigenvalue weighted by atomic mass is 16.7. The van der Waals surface area contributed by atoms with Crippen LogP contribution in [-0.2, 0) is 16.0 Å². The topological polar surface area (TPSA) is 57.1 Å². The molecular weight excluding hydrogens is 318 g/mol. The van der Waals surface area contributed by atoms with Crippen molar-refractivity contribution in [3.8, 4) is 5.75 Å². The van der Waals surface area contributed by atoms with Crippen LogP contribution in [-0.4, -0.2) is 26.4 Å². The highest BCUT2D eigenvalue weighted by Gasteiger charge is 1.97. The molecule has 142 valence electrons. The summed E-state index contributed by atoms with van der Waals surface area (Å²) in [4.78, 5) is 14.1. The standard InChI is InChI=1S/C20H33NO4/c1-2-3-6-17-24-20-13-11-19(12-14-20)10-9-16-23-15-7-4-5-8-18-25-21-22/h11-14H,2-10,15-18H2,1H3. The predicted octanol–water partition coefficient (Wildman–Crippen LogP) is 5.46. The lowest BCUT2D eigenvalue weighted by molar-refractivity contribution is 0.122. The first kappa shape index (κ1) is 21.4. The van der Waals surface area contributed by atoms with E-state index in [4.69, 9.17) is 9.47 Å². The van der Waals surface area contributed by atoms with Gasteiger partial charge in [-0.25, -0.2) is 0 Å². The van der Waals surface area contributed by atoms with Crippen LogP contribution in [0.4, 0.5) is 0 Å². The molecule has 1 aromatic carbocycles. The SMILES string of the molecule is CCCCCOc1ccc(CCCOCCCCCCON=O)cc1. The van der Waals surface area contributed by atoms with Gasteiger partial charge in [0.15, 0.2) is 5.34 Å². The summed E-state index contributed by atoms with van der Waals surface area (Å²) in [7, 11) is 0. The van der Waals surface area contributed by atoms with Crippen LogP contribution in [0, 0.1) is 4.91 Å². The maximum absolute atomic E-state index is 9.72. The molecule has 0 bridgehead atoms. The van der Waals surface area contributed by atoms with Gasteiger partial charge in [-0.15, -0.1) is 4.91 Å². The minimum Gasteiger partial charge on any atom is -0.494 e. The van der Waals surface area contributed by atoms with Crippen LogP contribution >= 0.6 is 0 Å². The molecule has 0 N–H and O–H groups in total. The summed E-state index contributed by atoms with van der Waals surface area (Å²) in [5, 5.41) is 2.37. The number of ether oxygens (including phenoxy) is 2. The van der Waals surface area contributed by atoms with Crippen LogP contribution in [0.2, 0.25) is 0 Å². The summed E-state index contributed by atoms with van der Waals surface area (Å²) in [6, 6.07) is 8.41. The number of benzene rings is 1. The van der Waals surface area contributed by atoms with E-state index in [0.717, 1.165) is 70.5 Å². The molecule has 0 spiro atoms. The number of unbranched alkanes of at least 4 members (excludes halogenated alkanes) is 5. The quantitative estimate of drug-likeness (QED) is 0.212. The third kappa shape index (κ3) is 12.4. The van der Waals surface area contributed by atoms with E-state index in [2.05, 4.69) is 41.4 Å². The zero-order valence-electron chi connectivity index (χ0n) is 15.6. The van der Waals surface area contributed by atoms with Gasteiger partial charge >= 0.3 is 0 Å². The highest BCUT2D eigenvalue weighted by Crippen LogP contribution is 2.14. The number of rotatable bonds is 17. The van der Waals surface area contributed by atoms with Gasteiger partial charge in [-0.3, -0.25) is 0 Å². The predicted molar refractivity (Wildman–Crippen MR) is 101 cm³/mol. The maximum atomic E-state index is 9.72. The molecule has 0 heterocycles. The van der Waals surface area contributed by atoms with Crippen molar-refractivity contribution in [1.82, 2.24) is 0 Å². The number of aryl methyl sites for hydroxylation is 1. The Kier molecular flexibility index (Phi) is 13.6. The molecule has 0 unspecified atom stereocenters. The Labute approximate surface area is 152 Å². The third-order valence-electron chi connectivity index (χ3n) is 4.02. The van der Waals surface area contributed by atoms with Crippen LogP contribution in [0.25, 0.3) is 0 Å². The summed E-state index contributed by atoms with van der Waals surface area (Å²) in [6.07, 6.45) is 9.72. The summed E-state index contributed by atoms with van der Waals surface area (Å²) >= 11 is 0. The van der Waals surface area contributed by atoms with Gasteiger partial charge < -0.3 is 14.3 Å². The largest absolute Gasteiger partial charge is 0.494 e. The Morgan fingerprint density at radius 2 is 1.48 bits per heavy atom. The van der Waals surface area contributed by atoms with E-state index < -0.39 is 0 Å². The van der Waals surface area contributed by atoms with Gasteiger partial charge in [0.25, 0.3) is 0 Å². The van der Waals surface area contributed by atoms with E-state index >= 15 is 0 Å². The number of nitrogens with zero attached hydrogens (tertiary/aromatic N) is 1. The van der Waals surface area contributed by atoms with Crippen LogP contribution in [0.1, 0.15) is 63.9 Å². The van der Waals surface area contributed by atoms with E-state index in [1.54, 1.807) is 0 Å². The van der Waals surface area contributed by atoms with Gasteiger partial charge in [-0.2, -0.15) is 0 Å². The molecule has 0 fully saturated rings. The van der Waals surface area contributed by atoms with E-state index in [1.165, 1.54) is 18.4 Å². The molecule has 0 saturated heterocycles. The van der Waals surface area contributed by atoms with Crippen LogP contribution in [0.15, 0.2) is 29.6 Å². The fourth-order valence-corrected chi connectivity index (χ4v) is 2.54. The summed E-state index contributed by atoms with van der Waals surface area (Å²) < 4.78 is 11.4. The first-order chi connectivity index (χ1) is 12.4. The summed E-state index contributed by atoms with van der Waals surface area (Å²) in [5.74, 6) is 0.963. The van der Waals surface area contributed by atoms with Crippen molar-refractivity contribution in [2.45, 2.75) is 64.7 Å². The second-order valence-electron chi connectivity index (χ2n) is 6.24. The fraction of sp³-hybridized carbons (Fsp3) is 0.700. The Hall–Kier alpha value is -1.62. The van der Waals surface area contributed by atoms with Crippen molar-refractivity contribution in [3.63, 3.8) is 0 Å². The molecule has 5 nitrogen and oxygen atoms in total. The molecule has 0 radical (unpaired) electrons. The Morgan fingerprint density at radius 3 is 2.20 bits per heavy atom. The first-order valence-corrected chi connectivity index (χ1v) is 9.61. The second kappa shape index (κ2) is 15.9. The smallest absolute Gasteiger partial charge is 0.155 e. The molecule has 0 aliphatic rings. The molecule has 0 saturated carbocycles. The van der Waals surface area contributed by atoms with E-state index in [-0.39, 0.29) is 0 Å². The number of hydrogen-bond acceptors (Lipinski definition) is 5. The van der Waals surface area contributed by atoms with Crippen molar-refractivity contribution in [2.24, 2.45) is 5.34 Å². The first-order valence-electron chi connectivity index (χ1n) is 9.61. The maximum Gasteiger partial charge on any atom is 0.155 e. The zero-order valence-corrected chi connectivity index (χ0v) is 15.6.